The molecular weight excluding hydrogens is 352 g/mol. The minimum Gasteiger partial charge on any atom is -0.491 e. The van der Waals surface area contributed by atoms with Crippen molar-refractivity contribution < 1.29 is 19.1 Å². The van der Waals surface area contributed by atoms with Crippen molar-refractivity contribution in [1.29, 1.82) is 0 Å². The van der Waals surface area contributed by atoms with Gasteiger partial charge in [0.2, 0.25) is 0 Å². The fourth-order valence-electron chi connectivity index (χ4n) is 3.93. The molecule has 142 valence electrons. The minimum absolute atomic E-state index is 0.0183. The lowest BCUT2D eigenvalue weighted by molar-refractivity contribution is -0.110. The Morgan fingerprint density at radius 1 is 1.11 bits per heavy atom. The highest BCUT2D eigenvalue weighted by Crippen LogP contribution is 2.49. The second-order valence-electron chi connectivity index (χ2n) is 7.42. The van der Waals surface area contributed by atoms with E-state index in [0.29, 0.717) is 22.8 Å². The van der Waals surface area contributed by atoms with Crippen LogP contribution in [0, 0.1) is 5.92 Å². The second kappa shape index (κ2) is 7.12. The first kappa shape index (κ1) is 18.2. The van der Waals surface area contributed by atoms with E-state index in [0.717, 1.165) is 11.1 Å². The van der Waals surface area contributed by atoms with Crippen LogP contribution >= 0.6 is 0 Å². The molecule has 4 nitrogen and oxygen atoms in total. The molecule has 0 saturated heterocycles. The molecule has 0 saturated carbocycles. The number of fused-ring (bicyclic) bond motifs is 2. The normalized spacial score (nSPS) is 20.1. The van der Waals surface area contributed by atoms with Crippen molar-refractivity contribution in [3.63, 3.8) is 0 Å². The van der Waals surface area contributed by atoms with Gasteiger partial charge in [0.25, 0.3) is 0 Å². The van der Waals surface area contributed by atoms with E-state index in [1.54, 1.807) is 13.0 Å². The van der Waals surface area contributed by atoms with E-state index >= 15 is 0 Å². The third-order valence-corrected chi connectivity index (χ3v) is 5.03. The molecule has 0 fully saturated rings. The number of allylic oxidation sites excluding steroid dienone is 3. The van der Waals surface area contributed by atoms with Crippen LogP contribution in [0.5, 0.6) is 11.5 Å². The highest BCUT2D eigenvalue weighted by atomic mass is 16.5. The zero-order valence-corrected chi connectivity index (χ0v) is 16.1. The van der Waals surface area contributed by atoms with Crippen LogP contribution in [-0.4, -0.2) is 17.7 Å². The third kappa shape index (κ3) is 3.26. The van der Waals surface area contributed by atoms with Crippen LogP contribution in [0.25, 0.3) is 0 Å². The zero-order chi connectivity index (χ0) is 19.8. The maximum Gasteiger partial charge on any atom is 0.181 e. The van der Waals surface area contributed by atoms with Gasteiger partial charge in [-0.3, -0.25) is 9.59 Å². The SMILES string of the molecule is CC(=O)c1ccccc1C1c2ccc(OC(C)C)cc2OC2=CC(=O)C=CC21. The molecule has 4 heteroatoms. The Labute approximate surface area is 164 Å². The van der Waals surface area contributed by atoms with Gasteiger partial charge in [0.1, 0.15) is 17.3 Å². The highest BCUT2D eigenvalue weighted by Gasteiger charge is 2.37. The van der Waals surface area contributed by atoms with Gasteiger partial charge >= 0.3 is 0 Å². The minimum atomic E-state index is -0.137. The van der Waals surface area contributed by atoms with E-state index in [4.69, 9.17) is 9.47 Å². The number of hydrogen-bond acceptors (Lipinski definition) is 4. The molecule has 2 aromatic carbocycles. The third-order valence-electron chi connectivity index (χ3n) is 5.03. The van der Waals surface area contributed by atoms with Gasteiger partial charge < -0.3 is 9.47 Å². The Morgan fingerprint density at radius 2 is 1.89 bits per heavy atom. The molecule has 0 amide bonds. The van der Waals surface area contributed by atoms with Gasteiger partial charge in [0, 0.05) is 35.1 Å². The quantitative estimate of drug-likeness (QED) is 0.719. The van der Waals surface area contributed by atoms with Crippen LogP contribution in [0.4, 0.5) is 0 Å². The summed E-state index contributed by atoms with van der Waals surface area (Å²) in [6.45, 7) is 5.51. The first-order valence-corrected chi connectivity index (χ1v) is 9.46. The van der Waals surface area contributed by atoms with Gasteiger partial charge in [-0.1, -0.05) is 36.4 Å². The summed E-state index contributed by atoms with van der Waals surface area (Å²) in [5.41, 5.74) is 2.60. The van der Waals surface area contributed by atoms with E-state index < -0.39 is 0 Å². The van der Waals surface area contributed by atoms with Crippen LogP contribution in [0.1, 0.15) is 48.2 Å². The predicted molar refractivity (Wildman–Crippen MR) is 107 cm³/mol. The van der Waals surface area contributed by atoms with Crippen molar-refractivity contribution in [1.82, 2.24) is 0 Å². The van der Waals surface area contributed by atoms with Gasteiger partial charge in [-0.05, 0) is 38.5 Å². The van der Waals surface area contributed by atoms with Crippen LogP contribution in [0.3, 0.4) is 0 Å². The van der Waals surface area contributed by atoms with E-state index in [2.05, 4.69) is 0 Å². The maximum atomic E-state index is 12.3. The molecule has 28 heavy (non-hydrogen) atoms. The molecule has 2 aliphatic rings. The smallest absolute Gasteiger partial charge is 0.181 e. The van der Waals surface area contributed by atoms with Gasteiger partial charge in [-0.2, -0.15) is 0 Å². The molecule has 0 spiro atoms. The molecule has 2 unspecified atom stereocenters. The molecule has 2 atom stereocenters. The lowest BCUT2D eigenvalue weighted by Crippen LogP contribution is -2.27. The summed E-state index contributed by atoms with van der Waals surface area (Å²) in [7, 11) is 0. The number of benzene rings is 2. The van der Waals surface area contributed by atoms with Crippen molar-refractivity contribution in [3.05, 3.63) is 83.1 Å². The van der Waals surface area contributed by atoms with Crippen molar-refractivity contribution in [2.45, 2.75) is 32.8 Å². The topological polar surface area (TPSA) is 52.6 Å². The van der Waals surface area contributed by atoms with Gasteiger partial charge in [0.15, 0.2) is 11.6 Å². The van der Waals surface area contributed by atoms with E-state index in [9.17, 15) is 9.59 Å². The molecule has 4 rings (SSSR count). The lowest BCUT2D eigenvalue weighted by Gasteiger charge is -2.36. The summed E-state index contributed by atoms with van der Waals surface area (Å²) in [6, 6.07) is 13.4. The highest BCUT2D eigenvalue weighted by molar-refractivity contribution is 6.01. The van der Waals surface area contributed by atoms with E-state index in [-0.39, 0.29) is 29.5 Å². The van der Waals surface area contributed by atoms with Crippen LogP contribution < -0.4 is 9.47 Å². The van der Waals surface area contributed by atoms with Crippen molar-refractivity contribution >= 4 is 11.6 Å². The molecule has 0 N–H and O–H groups in total. The number of ketones is 2. The first-order valence-electron chi connectivity index (χ1n) is 9.46. The summed E-state index contributed by atoms with van der Waals surface area (Å²) in [4.78, 5) is 24.2. The standard InChI is InChI=1S/C24H22O4/c1-14(2)27-17-9-11-21-23(13-17)28-22-12-16(26)8-10-20(22)24(21)19-7-5-4-6-18(19)15(3)25/h4-14,20,24H,1-3H3. The molecule has 1 aliphatic heterocycles. The number of Topliss-reactive ketones (excluding diaryl/α,β-unsaturated/α-hetero) is 1. The number of carbonyl (C=O) groups excluding carboxylic acids is 2. The lowest BCUT2D eigenvalue weighted by atomic mass is 9.74. The van der Waals surface area contributed by atoms with Crippen molar-refractivity contribution in [2.75, 3.05) is 0 Å². The molecule has 1 aliphatic carbocycles. The molecule has 0 radical (unpaired) electrons. The average Bonchev–Trinajstić information content (AvgIpc) is 2.65. The van der Waals surface area contributed by atoms with Gasteiger partial charge in [-0.25, -0.2) is 0 Å². The number of rotatable bonds is 4. The predicted octanol–water partition coefficient (Wildman–Crippen LogP) is 4.84. The maximum absolute atomic E-state index is 12.3. The Balaban J connectivity index is 1.90. The molecule has 0 bridgehead atoms. The number of hydrogen-bond donors (Lipinski definition) is 0. The fraction of sp³-hybridized carbons (Fsp3) is 0.250. The first-order chi connectivity index (χ1) is 13.4. The summed E-state index contributed by atoms with van der Waals surface area (Å²) >= 11 is 0. The van der Waals surface area contributed by atoms with Gasteiger partial charge in [-0.15, -0.1) is 0 Å². The molecule has 0 aromatic heterocycles. The fourth-order valence-corrected chi connectivity index (χ4v) is 3.93. The van der Waals surface area contributed by atoms with Crippen molar-refractivity contribution in [2.24, 2.45) is 5.92 Å². The Bertz CT molecular complexity index is 1010. The van der Waals surface area contributed by atoms with Crippen LogP contribution in [0.15, 0.2) is 66.5 Å². The monoisotopic (exact) mass is 374 g/mol. The average molecular weight is 374 g/mol. The summed E-state index contributed by atoms with van der Waals surface area (Å²) in [5.74, 6) is 1.64. The van der Waals surface area contributed by atoms with Gasteiger partial charge in [0.05, 0.1) is 6.10 Å². The largest absolute Gasteiger partial charge is 0.491 e. The Kier molecular flexibility index (Phi) is 4.63. The number of ether oxygens (including phenoxy) is 2. The van der Waals surface area contributed by atoms with E-state index in [1.165, 1.54) is 6.08 Å². The summed E-state index contributed by atoms with van der Waals surface area (Å²) < 4.78 is 11.9. The van der Waals surface area contributed by atoms with Crippen LogP contribution in [-0.2, 0) is 4.79 Å². The Hall–Kier alpha value is -3.14. The molecule has 2 aromatic rings. The van der Waals surface area contributed by atoms with E-state index in [1.807, 2.05) is 62.4 Å². The molecular formula is C24H22O4. The second-order valence-corrected chi connectivity index (χ2v) is 7.42. The summed E-state index contributed by atoms with van der Waals surface area (Å²) in [6.07, 6.45) is 5.03. The molecule has 1 heterocycles. The summed E-state index contributed by atoms with van der Waals surface area (Å²) in [5, 5.41) is 0. The van der Waals surface area contributed by atoms with Crippen LogP contribution in [0.2, 0.25) is 0 Å². The number of carbonyl (C=O) groups is 2. The van der Waals surface area contributed by atoms with Crippen molar-refractivity contribution in [3.8, 4) is 11.5 Å². The zero-order valence-electron chi connectivity index (χ0n) is 16.1. The Morgan fingerprint density at radius 3 is 2.64 bits per heavy atom.